The Morgan fingerprint density at radius 3 is 2.31 bits per heavy atom. The number of alkyl halides is 3. The second-order valence-corrected chi connectivity index (χ2v) is 6.95. The Bertz CT molecular complexity index is 837. The molecule has 0 saturated carbocycles. The first kappa shape index (κ1) is 22.4. The zero-order valence-electron chi connectivity index (χ0n) is 15.8. The Hall–Kier alpha value is -2.89. The van der Waals surface area contributed by atoms with E-state index in [1.54, 1.807) is 24.2 Å². The van der Waals surface area contributed by atoms with Crippen LogP contribution in [-0.2, 0) is 0 Å². The number of nitrogens with zero attached hydrogens (tertiary/aromatic N) is 4. The SMILES string of the molecule is CSc1cnc(NCC(C)CNc2cnc(/C(C=N)=C(/N)C(F)(F)F)cn2)nc1. The summed E-state index contributed by atoms with van der Waals surface area (Å²) in [5.74, 6) is 1.11. The molecule has 0 aliphatic carbocycles. The van der Waals surface area contributed by atoms with Gasteiger partial charge in [-0.3, -0.25) is 4.98 Å². The van der Waals surface area contributed by atoms with Crippen LogP contribution in [0.1, 0.15) is 12.6 Å². The van der Waals surface area contributed by atoms with Crippen LogP contribution < -0.4 is 16.4 Å². The quantitative estimate of drug-likeness (QED) is 0.356. The van der Waals surface area contributed by atoms with Gasteiger partial charge in [0.1, 0.15) is 11.5 Å². The molecule has 0 bridgehead atoms. The van der Waals surface area contributed by atoms with E-state index < -0.39 is 17.4 Å². The van der Waals surface area contributed by atoms with Crippen LogP contribution in [0.25, 0.3) is 5.57 Å². The molecule has 1 unspecified atom stereocenters. The third-order valence-electron chi connectivity index (χ3n) is 3.77. The van der Waals surface area contributed by atoms with E-state index in [2.05, 4.69) is 30.6 Å². The molecular weight excluding hydrogens is 405 g/mol. The van der Waals surface area contributed by atoms with Gasteiger partial charge in [0.05, 0.1) is 18.1 Å². The van der Waals surface area contributed by atoms with Gasteiger partial charge >= 0.3 is 6.18 Å². The molecule has 2 aromatic heterocycles. The summed E-state index contributed by atoms with van der Waals surface area (Å²) in [5, 5.41) is 13.4. The number of nitrogens with one attached hydrogen (secondary N) is 3. The van der Waals surface area contributed by atoms with Crippen molar-refractivity contribution in [3.63, 3.8) is 0 Å². The molecule has 2 rings (SSSR count). The second kappa shape index (κ2) is 10.0. The van der Waals surface area contributed by atoms with Gasteiger partial charge in [-0.25, -0.2) is 15.0 Å². The summed E-state index contributed by atoms with van der Waals surface area (Å²) < 4.78 is 38.2. The molecule has 0 amide bonds. The molecule has 2 heterocycles. The molecule has 12 heteroatoms. The van der Waals surface area contributed by atoms with Gasteiger partial charge in [0.2, 0.25) is 5.95 Å². The molecule has 0 aliphatic rings. The summed E-state index contributed by atoms with van der Waals surface area (Å²) in [5.41, 5.74) is 3.04. The second-order valence-electron chi connectivity index (χ2n) is 6.07. The van der Waals surface area contributed by atoms with Crippen LogP contribution in [0.3, 0.4) is 0 Å². The Morgan fingerprint density at radius 2 is 1.79 bits per heavy atom. The van der Waals surface area contributed by atoms with E-state index >= 15 is 0 Å². The molecule has 0 aromatic carbocycles. The van der Waals surface area contributed by atoms with Crippen molar-refractivity contribution in [2.75, 3.05) is 30.0 Å². The van der Waals surface area contributed by atoms with Gasteiger partial charge < -0.3 is 21.8 Å². The highest BCUT2D eigenvalue weighted by Crippen LogP contribution is 2.27. The van der Waals surface area contributed by atoms with Crippen molar-refractivity contribution in [1.82, 2.24) is 19.9 Å². The van der Waals surface area contributed by atoms with Crippen molar-refractivity contribution < 1.29 is 13.2 Å². The number of nitrogens with two attached hydrogens (primary N) is 1. The summed E-state index contributed by atoms with van der Waals surface area (Å²) in [6.07, 6.45) is 3.64. The average molecular weight is 426 g/mol. The maximum Gasteiger partial charge on any atom is 0.431 e. The van der Waals surface area contributed by atoms with Gasteiger partial charge in [-0.15, -0.1) is 11.8 Å². The maximum atomic E-state index is 12.7. The summed E-state index contributed by atoms with van der Waals surface area (Å²) >= 11 is 1.56. The van der Waals surface area contributed by atoms with E-state index in [0.29, 0.717) is 31.1 Å². The third kappa shape index (κ3) is 6.59. The normalized spacial score (nSPS) is 13.4. The van der Waals surface area contributed by atoms with Crippen LogP contribution in [0.4, 0.5) is 24.9 Å². The Labute approximate surface area is 170 Å². The highest BCUT2D eigenvalue weighted by molar-refractivity contribution is 7.98. The summed E-state index contributed by atoms with van der Waals surface area (Å²) in [4.78, 5) is 17.4. The minimum atomic E-state index is -4.74. The number of allylic oxidation sites excluding steroid dienone is 2. The fraction of sp³-hybridized carbons (Fsp3) is 0.353. The molecule has 0 radical (unpaired) electrons. The summed E-state index contributed by atoms with van der Waals surface area (Å²) in [6.45, 7) is 3.15. The number of thioether (sulfide) groups is 1. The number of aromatic nitrogens is 4. The fourth-order valence-corrected chi connectivity index (χ4v) is 2.45. The first-order chi connectivity index (χ1) is 13.7. The number of anilines is 2. The summed E-state index contributed by atoms with van der Waals surface area (Å²) in [7, 11) is 0. The molecule has 0 aliphatic heterocycles. The Morgan fingerprint density at radius 1 is 1.14 bits per heavy atom. The lowest BCUT2D eigenvalue weighted by atomic mass is 10.1. The van der Waals surface area contributed by atoms with Crippen molar-refractivity contribution >= 4 is 35.3 Å². The molecule has 2 aromatic rings. The molecule has 8 nitrogen and oxygen atoms in total. The highest BCUT2D eigenvalue weighted by Gasteiger charge is 2.34. The van der Waals surface area contributed by atoms with Gasteiger partial charge in [0.25, 0.3) is 0 Å². The van der Waals surface area contributed by atoms with Crippen LogP contribution in [0.15, 0.2) is 35.4 Å². The van der Waals surface area contributed by atoms with Gasteiger partial charge in [0, 0.05) is 42.2 Å². The number of hydrogen-bond acceptors (Lipinski definition) is 9. The predicted octanol–water partition coefficient (Wildman–Crippen LogP) is 3.03. The number of halogens is 3. The predicted molar refractivity (Wildman–Crippen MR) is 108 cm³/mol. The fourth-order valence-electron chi connectivity index (χ4n) is 2.13. The lowest BCUT2D eigenvalue weighted by Crippen LogP contribution is -2.22. The first-order valence-electron chi connectivity index (χ1n) is 8.48. The van der Waals surface area contributed by atoms with Crippen LogP contribution in [0.5, 0.6) is 0 Å². The molecule has 0 fully saturated rings. The highest BCUT2D eigenvalue weighted by atomic mass is 32.2. The number of hydrogen-bond donors (Lipinski definition) is 4. The van der Waals surface area contributed by atoms with E-state index in [1.165, 1.54) is 6.20 Å². The molecule has 1 atom stereocenters. The topological polar surface area (TPSA) is 125 Å². The van der Waals surface area contributed by atoms with Crippen LogP contribution >= 0.6 is 11.8 Å². The van der Waals surface area contributed by atoms with E-state index in [4.69, 9.17) is 11.1 Å². The van der Waals surface area contributed by atoms with Crippen molar-refractivity contribution in [3.8, 4) is 0 Å². The molecule has 29 heavy (non-hydrogen) atoms. The zero-order chi connectivity index (χ0) is 21.4. The van der Waals surface area contributed by atoms with Crippen molar-refractivity contribution in [1.29, 1.82) is 5.41 Å². The first-order valence-corrected chi connectivity index (χ1v) is 9.70. The molecule has 0 spiro atoms. The van der Waals surface area contributed by atoms with E-state index in [1.807, 2.05) is 13.2 Å². The van der Waals surface area contributed by atoms with Crippen molar-refractivity contribution in [2.45, 2.75) is 18.0 Å². The van der Waals surface area contributed by atoms with Crippen molar-refractivity contribution in [2.24, 2.45) is 11.7 Å². The van der Waals surface area contributed by atoms with E-state index in [9.17, 15) is 13.2 Å². The molecule has 156 valence electrons. The minimum Gasteiger partial charge on any atom is -0.394 e. The smallest absolute Gasteiger partial charge is 0.394 e. The average Bonchev–Trinajstić information content (AvgIpc) is 2.71. The van der Waals surface area contributed by atoms with Crippen LogP contribution in [-0.4, -0.2) is 51.7 Å². The molecular formula is C17H21F3N8S. The minimum absolute atomic E-state index is 0.124. The molecule has 0 saturated heterocycles. The number of rotatable bonds is 9. The van der Waals surface area contributed by atoms with Crippen molar-refractivity contribution in [3.05, 3.63) is 36.2 Å². The van der Waals surface area contributed by atoms with Crippen LogP contribution in [0.2, 0.25) is 0 Å². The third-order valence-corrected chi connectivity index (χ3v) is 4.45. The van der Waals surface area contributed by atoms with Gasteiger partial charge in [-0.1, -0.05) is 6.92 Å². The largest absolute Gasteiger partial charge is 0.431 e. The lowest BCUT2D eigenvalue weighted by molar-refractivity contribution is -0.0919. The van der Waals surface area contributed by atoms with Crippen LogP contribution in [0, 0.1) is 11.3 Å². The van der Waals surface area contributed by atoms with E-state index in [-0.39, 0.29) is 11.6 Å². The van der Waals surface area contributed by atoms with E-state index in [0.717, 1.165) is 11.1 Å². The van der Waals surface area contributed by atoms with Gasteiger partial charge in [-0.05, 0) is 12.2 Å². The Balaban J connectivity index is 1.90. The summed E-state index contributed by atoms with van der Waals surface area (Å²) in [6, 6.07) is 0. The zero-order valence-corrected chi connectivity index (χ0v) is 16.6. The Kier molecular flexibility index (Phi) is 7.76. The maximum absolute atomic E-state index is 12.7. The van der Waals surface area contributed by atoms with Gasteiger partial charge in [-0.2, -0.15) is 13.2 Å². The standard InChI is InChI=1S/C17H21F3N8S/c1-10(5-26-16-27-6-11(29-2)7-28-16)4-24-14-9-23-13(8-25-14)12(3-21)15(22)17(18,19)20/h3,6-10,21H,4-5,22H2,1-2H3,(H,24,25)(H,26,27,28)/b15-12+,21-3?. The monoisotopic (exact) mass is 426 g/mol. The van der Waals surface area contributed by atoms with Gasteiger partial charge in [0.15, 0.2) is 0 Å². The molecule has 5 N–H and O–H groups in total. The lowest BCUT2D eigenvalue weighted by Gasteiger charge is -2.14.